The molecule has 0 aliphatic carbocycles. The molecule has 1 rings (SSSR count). The van der Waals surface area contributed by atoms with E-state index in [-0.39, 0.29) is 0 Å². The molecule has 0 aliphatic rings. The zero-order valence-corrected chi connectivity index (χ0v) is 10.5. The van der Waals surface area contributed by atoms with E-state index in [0.717, 1.165) is 5.69 Å². The number of aryl methyl sites for hydroxylation is 1. The third-order valence-corrected chi connectivity index (χ3v) is 4.11. The number of aliphatic carboxylic acids is 1. The molecule has 0 aromatic carbocycles. The number of rotatable bonds is 5. The van der Waals surface area contributed by atoms with Crippen molar-refractivity contribution in [1.82, 2.24) is 9.97 Å². The van der Waals surface area contributed by atoms with Crippen molar-refractivity contribution < 1.29 is 9.90 Å². The average Bonchev–Trinajstić information content (AvgIpc) is 2.25. The summed E-state index contributed by atoms with van der Waals surface area (Å²) in [4.78, 5) is 19.6. The molecule has 0 fully saturated rings. The van der Waals surface area contributed by atoms with Gasteiger partial charge in [0.2, 0.25) is 0 Å². The molecule has 5 heteroatoms. The zero-order chi connectivity index (χ0) is 12.2. The Kier molecular flexibility index (Phi) is 4.29. The molecule has 0 radical (unpaired) electrons. The minimum Gasteiger partial charge on any atom is -0.480 e. The molecule has 16 heavy (non-hydrogen) atoms. The molecule has 0 aliphatic heterocycles. The molecular formula is C11H16N2O2S. The lowest BCUT2D eigenvalue weighted by Crippen LogP contribution is -2.33. The van der Waals surface area contributed by atoms with Crippen molar-refractivity contribution in [3.05, 3.63) is 18.0 Å². The standard InChI is InChI=1S/C11H16N2O2S/c1-4-11(5-2,9(14)15)16-10-12-7-6-8(3)13-10/h6-7H,4-5H2,1-3H3,(H,14,15). The molecule has 88 valence electrons. The van der Waals surface area contributed by atoms with Gasteiger partial charge in [0.25, 0.3) is 0 Å². The van der Waals surface area contributed by atoms with Crippen molar-refractivity contribution in [2.75, 3.05) is 0 Å². The van der Waals surface area contributed by atoms with Crippen LogP contribution in [0, 0.1) is 6.92 Å². The van der Waals surface area contributed by atoms with Crippen LogP contribution >= 0.6 is 11.8 Å². The summed E-state index contributed by atoms with van der Waals surface area (Å²) >= 11 is 1.24. The Morgan fingerprint density at radius 2 is 2.12 bits per heavy atom. The Labute approximate surface area is 99.5 Å². The number of nitrogens with zero attached hydrogens (tertiary/aromatic N) is 2. The number of aromatic nitrogens is 2. The highest BCUT2D eigenvalue weighted by molar-refractivity contribution is 8.01. The minimum atomic E-state index is -0.812. The highest BCUT2D eigenvalue weighted by Crippen LogP contribution is 2.36. The number of hydrogen-bond acceptors (Lipinski definition) is 4. The van der Waals surface area contributed by atoms with Crippen molar-refractivity contribution in [2.45, 2.75) is 43.5 Å². The van der Waals surface area contributed by atoms with Crippen LogP contribution in [0.5, 0.6) is 0 Å². The molecule has 0 saturated heterocycles. The monoisotopic (exact) mass is 240 g/mol. The van der Waals surface area contributed by atoms with Crippen LogP contribution in [0.4, 0.5) is 0 Å². The van der Waals surface area contributed by atoms with E-state index in [1.165, 1.54) is 11.8 Å². The largest absolute Gasteiger partial charge is 0.480 e. The van der Waals surface area contributed by atoms with Gasteiger partial charge in [0.1, 0.15) is 4.75 Å². The normalized spacial score (nSPS) is 11.4. The van der Waals surface area contributed by atoms with Crippen LogP contribution in [0.3, 0.4) is 0 Å². The van der Waals surface area contributed by atoms with Gasteiger partial charge in [-0.05, 0) is 25.8 Å². The highest BCUT2D eigenvalue weighted by atomic mass is 32.2. The maximum atomic E-state index is 11.3. The van der Waals surface area contributed by atoms with Gasteiger partial charge >= 0.3 is 5.97 Å². The number of carboxylic acids is 1. The van der Waals surface area contributed by atoms with E-state index in [9.17, 15) is 9.90 Å². The predicted molar refractivity (Wildman–Crippen MR) is 63.6 cm³/mol. The number of carbonyl (C=O) groups is 1. The Hall–Kier alpha value is -1.10. The van der Waals surface area contributed by atoms with Gasteiger partial charge in [-0.2, -0.15) is 0 Å². The summed E-state index contributed by atoms with van der Waals surface area (Å²) in [6, 6.07) is 1.80. The molecule has 0 unspecified atom stereocenters. The lowest BCUT2D eigenvalue weighted by Gasteiger charge is -2.24. The highest BCUT2D eigenvalue weighted by Gasteiger charge is 2.37. The summed E-state index contributed by atoms with van der Waals surface area (Å²) in [6.07, 6.45) is 2.77. The second kappa shape index (κ2) is 5.30. The molecule has 0 atom stereocenters. The number of thioether (sulfide) groups is 1. The first-order valence-electron chi connectivity index (χ1n) is 5.26. The van der Waals surface area contributed by atoms with Gasteiger partial charge in [0.05, 0.1) is 0 Å². The summed E-state index contributed by atoms with van der Waals surface area (Å²) in [5, 5.41) is 9.81. The maximum Gasteiger partial charge on any atom is 0.320 e. The van der Waals surface area contributed by atoms with Gasteiger partial charge in [-0.3, -0.25) is 4.79 Å². The fourth-order valence-corrected chi connectivity index (χ4v) is 2.42. The zero-order valence-electron chi connectivity index (χ0n) is 9.73. The fourth-order valence-electron chi connectivity index (χ4n) is 1.39. The quantitative estimate of drug-likeness (QED) is 0.633. The van der Waals surface area contributed by atoms with E-state index < -0.39 is 10.7 Å². The van der Waals surface area contributed by atoms with E-state index in [1.807, 2.05) is 20.8 Å². The van der Waals surface area contributed by atoms with Crippen molar-refractivity contribution in [3.63, 3.8) is 0 Å². The van der Waals surface area contributed by atoms with Gasteiger partial charge in [-0.15, -0.1) is 0 Å². The van der Waals surface area contributed by atoms with E-state index in [2.05, 4.69) is 9.97 Å². The second-order valence-corrected chi connectivity index (χ2v) is 4.94. The van der Waals surface area contributed by atoms with E-state index in [4.69, 9.17) is 0 Å². The summed E-state index contributed by atoms with van der Waals surface area (Å²) in [6.45, 7) is 5.62. The Morgan fingerprint density at radius 3 is 2.56 bits per heavy atom. The van der Waals surface area contributed by atoms with E-state index in [0.29, 0.717) is 18.0 Å². The van der Waals surface area contributed by atoms with Gasteiger partial charge in [0.15, 0.2) is 5.16 Å². The Bertz CT molecular complexity index is 378. The first kappa shape index (κ1) is 13.0. The van der Waals surface area contributed by atoms with Crippen LogP contribution in [0.25, 0.3) is 0 Å². The smallest absolute Gasteiger partial charge is 0.320 e. The summed E-state index contributed by atoms with van der Waals surface area (Å²) in [5.74, 6) is -0.799. The molecule has 1 heterocycles. The third kappa shape index (κ3) is 2.72. The number of carboxylic acid groups (broad SMARTS) is 1. The number of hydrogen-bond donors (Lipinski definition) is 1. The van der Waals surface area contributed by atoms with Crippen LogP contribution < -0.4 is 0 Å². The molecule has 0 saturated carbocycles. The lowest BCUT2D eigenvalue weighted by molar-refractivity contribution is -0.140. The van der Waals surface area contributed by atoms with Crippen molar-refractivity contribution in [1.29, 1.82) is 0 Å². The molecule has 4 nitrogen and oxygen atoms in total. The van der Waals surface area contributed by atoms with Crippen LogP contribution in [-0.4, -0.2) is 25.8 Å². The summed E-state index contributed by atoms with van der Waals surface area (Å²) < 4.78 is -0.812. The second-order valence-electron chi connectivity index (χ2n) is 3.59. The molecule has 1 N–H and O–H groups in total. The van der Waals surface area contributed by atoms with Gasteiger partial charge in [-0.1, -0.05) is 25.6 Å². The first-order chi connectivity index (χ1) is 7.54. The van der Waals surface area contributed by atoms with Gasteiger partial charge in [0, 0.05) is 11.9 Å². The average molecular weight is 240 g/mol. The van der Waals surface area contributed by atoms with Crippen LogP contribution in [0.2, 0.25) is 0 Å². The minimum absolute atomic E-state index is 0.533. The topological polar surface area (TPSA) is 63.1 Å². The SMILES string of the molecule is CCC(CC)(Sc1nccc(C)n1)C(=O)O. The fraction of sp³-hybridized carbons (Fsp3) is 0.545. The van der Waals surface area contributed by atoms with E-state index >= 15 is 0 Å². The van der Waals surface area contributed by atoms with Crippen LogP contribution in [0.1, 0.15) is 32.4 Å². The molecule has 0 amide bonds. The molecule has 1 aromatic heterocycles. The third-order valence-electron chi connectivity index (χ3n) is 2.59. The predicted octanol–water partition coefficient (Wildman–Crippen LogP) is 2.52. The maximum absolute atomic E-state index is 11.3. The Balaban J connectivity index is 2.96. The van der Waals surface area contributed by atoms with Crippen molar-refractivity contribution in [3.8, 4) is 0 Å². The van der Waals surface area contributed by atoms with Gasteiger partial charge in [-0.25, -0.2) is 9.97 Å². The van der Waals surface area contributed by atoms with Crippen LogP contribution in [-0.2, 0) is 4.79 Å². The first-order valence-corrected chi connectivity index (χ1v) is 6.07. The molecule has 0 bridgehead atoms. The summed E-state index contributed by atoms with van der Waals surface area (Å²) in [7, 11) is 0. The molecule has 0 spiro atoms. The molecular weight excluding hydrogens is 224 g/mol. The van der Waals surface area contributed by atoms with Crippen molar-refractivity contribution in [2.24, 2.45) is 0 Å². The Morgan fingerprint density at radius 1 is 1.50 bits per heavy atom. The molecule has 1 aromatic rings. The van der Waals surface area contributed by atoms with Crippen molar-refractivity contribution >= 4 is 17.7 Å². The van der Waals surface area contributed by atoms with E-state index in [1.54, 1.807) is 12.3 Å². The van der Waals surface area contributed by atoms with Gasteiger partial charge < -0.3 is 5.11 Å². The van der Waals surface area contributed by atoms with Crippen LogP contribution in [0.15, 0.2) is 17.4 Å². The lowest BCUT2D eigenvalue weighted by atomic mass is 10.0. The summed E-state index contributed by atoms with van der Waals surface area (Å²) in [5.41, 5.74) is 0.851.